The summed E-state index contributed by atoms with van der Waals surface area (Å²) in [4.78, 5) is 21.7. The molecule has 2 aromatic rings. The number of carbonyl (C=O) groups excluding carboxylic acids is 1. The van der Waals surface area contributed by atoms with Gasteiger partial charge in [-0.3, -0.25) is 4.79 Å². The summed E-state index contributed by atoms with van der Waals surface area (Å²) in [6.45, 7) is 6.49. The zero-order chi connectivity index (χ0) is 21.4. The van der Waals surface area contributed by atoms with Crippen LogP contribution in [0.1, 0.15) is 70.7 Å². The van der Waals surface area contributed by atoms with E-state index in [9.17, 15) is 4.79 Å². The molecule has 0 amide bonds. The zero-order valence-corrected chi connectivity index (χ0v) is 18.9. The van der Waals surface area contributed by atoms with Crippen LogP contribution in [0.15, 0.2) is 35.9 Å². The minimum absolute atomic E-state index is 0.0683. The van der Waals surface area contributed by atoms with Gasteiger partial charge in [0.2, 0.25) is 0 Å². The van der Waals surface area contributed by atoms with Crippen molar-refractivity contribution in [3.05, 3.63) is 47.3 Å². The SMILES string of the molecule is CC(=O)O[C@H]1CC[C@@]2(C)C(=CC[C@@H]3[C@@H]2CC[C@]2(C)c4nc5ccccc5nc4C[C@@H]32)C1. The molecule has 1 heterocycles. The quantitative estimate of drug-likeness (QED) is 0.452. The van der Waals surface area contributed by atoms with Crippen molar-refractivity contribution in [2.45, 2.75) is 77.2 Å². The van der Waals surface area contributed by atoms with Crippen molar-refractivity contribution in [2.75, 3.05) is 0 Å². The predicted molar refractivity (Wildman–Crippen MR) is 121 cm³/mol. The predicted octanol–water partition coefficient (Wildman–Crippen LogP) is 5.54. The molecule has 4 aliphatic carbocycles. The largest absolute Gasteiger partial charge is 0.462 e. The number of hydrogen-bond donors (Lipinski definition) is 0. The van der Waals surface area contributed by atoms with E-state index in [0.29, 0.717) is 17.8 Å². The van der Waals surface area contributed by atoms with Crippen LogP contribution in [-0.4, -0.2) is 22.0 Å². The summed E-state index contributed by atoms with van der Waals surface area (Å²) >= 11 is 0. The van der Waals surface area contributed by atoms with Crippen LogP contribution in [0.4, 0.5) is 0 Å². The highest BCUT2D eigenvalue weighted by Crippen LogP contribution is 2.63. The molecule has 0 unspecified atom stereocenters. The van der Waals surface area contributed by atoms with E-state index in [2.05, 4.69) is 44.2 Å². The average molecular weight is 417 g/mol. The Morgan fingerprint density at radius 2 is 1.74 bits per heavy atom. The number of allylic oxidation sites excluding steroid dienone is 1. The van der Waals surface area contributed by atoms with Crippen LogP contribution in [0.5, 0.6) is 0 Å². The van der Waals surface area contributed by atoms with Crippen molar-refractivity contribution in [3.8, 4) is 0 Å². The second kappa shape index (κ2) is 6.63. The lowest BCUT2D eigenvalue weighted by Crippen LogP contribution is -2.51. The van der Waals surface area contributed by atoms with Gasteiger partial charge < -0.3 is 4.74 Å². The average Bonchev–Trinajstić information content (AvgIpc) is 3.04. The van der Waals surface area contributed by atoms with Gasteiger partial charge in [-0.1, -0.05) is 37.6 Å². The first-order valence-electron chi connectivity index (χ1n) is 12.0. The lowest BCUT2D eigenvalue weighted by atomic mass is 9.48. The Morgan fingerprint density at radius 3 is 2.52 bits per heavy atom. The van der Waals surface area contributed by atoms with Gasteiger partial charge in [-0.2, -0.15) is 0 Å². The third-order valence-corrected chi connectivity index (χ3v) is 9.38. The Labute approximate surface area is 184 Å². The molecule has 31 heavy (non-hydrogen) atoms. The Hall–Kier alpha value is -2.23. The maximum absolute atomic E-state index is 11.5. The third kappa shape index (κ3) is 2.76. The number of hydrogen-bond acceptors (Lipinski definition) is 4. The van der Waals surface area contributed by atoms with E-state index >= 15 is 0 Å². The first kappa shape index (κ1) is 19.5. The molecule has 0 N–H and O–H groups in total. The van der Waals surface area contributed by atoms with Crippen molar-refractivity contribution in [1.29, 1.82) is 0 Å². The number of rotatable bonds is 1. The van der Waals surface area contributed by atoms with Crippen LogP contribution < -0.4 is 0 Å². The first-order chi connectivity index (χ1) is 14.9. The monoisotopic (exact) mass is 416 g/mol. The number of benzene rings is 1. The summed E-state index contributed by atoms with van der Waals surface area (Å²) in [5.74, 6) is 1.88. The molecule has 2 fully saturated rings. The second-order valence-electron chi connectivity index (χ2n) is 10.9. The molecule has 4 aliphatic rings. The molecule has 0 aliphatic heterocycles. The van der Waals surface area contributed by atoms with Crippen LogP contribution in [0.3, 0.4) is 0 Å². The number of esters is 1. The fraction of sp³-hybridized carbons (Fsp3) is 0.593. The van der Waals surface area contributed by atoms with Gasteiger partial charge in [0.15, 0.2) is 0 Å². The van der Waals surface area contributed by atoms with E-state index in [0.717, 1.165) is 43.1 Å². The Bertz CT molecular complexity index is 1110. The summed E-state index contributed by atoms with van der Waals surface area (Å²) in [6.07, 6.45) is 10.3. The molecule has 0 saturated heterocycles. The minimum Gasteiger partial charge on any atom is -0.462 e. The molecule has 6 rings (SSSR count). The van der Waals surface area contributed by atoms with Crippen LogP contribution in [-0.2, 0) is 21.4 Å². The molecule has 4 nitrogen and oxygen atoms in total. The molecule has 4 heteroatoms. The van der Waals surface area contributed by atoms with E-state index in [1.54, 1.807) is 5.57 Å². The van der Waals surface area contributed by atoms with Crippen LogP contribution in [0.2, 0.25) is 0 Å². The third-order valence-electron chi connectivity index (χ3n) is 9.38. The molecule has 2 saturated carbocycles. The molecule has 0 spiro atoms. The van der Waals surface area contributed by atoms with E-state index < -0.39 is 0 Å². The lowest BCUT2D eigenvalue weighted by Gasteiger charge is -2.57. The Kier molecular flexibility index (Phi) is 4.16. The van der Waals surface area contributed by atoms with Crippen molar-refractivity contribution in [3.63, 3.8) is 0 Å². The Morgan fingerprint density at radius 1 is 1.00 bits per heavy atom. The highest BCUT2D eigenvalue weighted by molar-refractivity contribution is 5.74. The molecular formula is C27H32N2O2. The molecule has 0 bridgehead atoms. The summed E-state index contributed by atoms with van der Waals surface area (Å²) in [5, 5.41) is 0. The van der Waals surface area contributed by atoms with Gasteiger partial charge in [0.05, 0.1) is 22.4 Å². The van der Waals surface area contributed by atoms with E-state index in [4.69, 9.17) is 14.7 Å². The molecule has 0 radical (unpaired) electrons. The van der Waals surface area contributed by atoms with Crippen molar-refractivity contribution < 1.29 is 9.53 Å². The van der Waals surface area contributed by atoms with Crippen LogP contribution >= 0.6 is 0 Å². The fourth-order valence-corrected chi connectivity index (χ4v) is 7.80. The van der Waals surface area contributed by atoms with E-state index in [1.807, 2.05) is 0 Å². The minimum atomic E-state index is -0.146. The number of nitrogens with zero attached hydrogens (tertiary/aromatic N) is 2. The standard InChI is InChI=1S/C27H32N2O2/c1-16(30)31-18-10-12-26(2)17(14-18)8-9-19-20(26)11-13-27(3)21(19)15-24-25(27)29-23-7-5-4-6-22(23)28-24/h4-8,18-21H,9-15H2,1-3H3/t18-,19+,20-,21-,26-,27-/m0/s1. The van der Waals surface area contributed by atoms with Gasteiger partial charge in [-0.05, 0) is 73.8 Å². The van der Waals surface area contributed by atoms with Gasteiger partial charge in [0.25, 0.3) is 0 Å². The van der Waals surface area contributed by atoms with Gasteiger partial charge in [-0.25, -0.2) is 9.97 Å². The van der Waals surface area contributed by atoms with Crippen molar-refractivity contribution in [1.82, 2.24) is 9.97 Å². The molecule has 6 atom stereocenters. The molecule has 1 aromatic heterocycles. The number of para-hydroxylation sites is 2. The summed E-state index contributed by atoms with van der Waals surface area (Å²) < 4.78 is 5.59. The van der Waals surface area contributed by atoms with Gasteiger partial charge in [-0.15, -0.1) is 0 Å². The smallest absolute Gasteiger partial charge is 0.302 e. The number of ether oxygens (including phenoxy) is 1. The topological polar surface area (TPSA) is 52.1 Å². The number of fused-ring (bicyclic) bond motifs is 8. The highest BCUT2D eigenvalue weighted by Gasteiger charge is 2.58. The first-order valence-corrected chi connectivity index (χ1v) is 12.0. The van der Waals surface area contributed by atoms with Crippen molar-refractivity contribution >= 4 is 17.0 Å². The number of aromatic nitrogens is 2. The summed E-state index contributed by atoms with van der Waals surface area (Å²) in [7, 11) is 0. The Balaban J connectivity index is 1.34. The van der Waals surface area contributed by atoms with E-state index in [-0.39, 0.29) is 22.9 Å². The summed E-state index contributed by atoms with van der Waals surface area (Å²) in [6, 6.07) is 8.32. The van der Waals surface area contributed by atoms with Crippen LogP contribution in [0, 0.1) is 23.2 Å². The lowest BCUT2D eigenvalue weighted by molar-refractivity contribution is -0.148. The van der Waals surface area contributed by atoms with E-state index in [1.165, 1.54) is 31.2 Å². The van der Waals surface area contributed by atoms with Gasteiger partial charge in [0.1, 0.15) is 6.10 Å². The highest BCUT2D eigenvalue weighted by atomic mass is 16.5. The molecule has 1 aromatic carbocycles. The fourth-order valence-electron chi connectivity index (χ4n) is 7.80. The molecule has 162 valence electrons. The van der Waals surface area contributed by atoms with Gasteiger partial charge in [0, 0.05) is 18.8 Å². The second-order valence-corrected chi connectivity index (χ2v) is 10.9. The maximum atomic E-state index is 11.5. The van der Waals surface area contributed by atoms with Gasteiger partial charge >= 0.3 is 5.97 Å². The summed E-state index contributed by atoms with van der Waals surface area (Å²) in [5.41, 5.74) is 6.52. The zero-order valence-electron chi connectivity index (χ0n) is 18.9. The normalized spacial score (nSPS) is 38.5. The maximum Gasteiger partial charge on any atom is 0.302 e. The van der Waals surface area contributed by atoms with Crippen molar-refractivity contribution in [2.24, 2.45) is 23.2 Å². The van der Waals surface area contributed by atoms with Crippen LogP contribution in [0.25, 0.3) is 11.0 Å². The molecular weight excluding hydrogens is 384 g/mol. The number of carbonyl (C=O) groups is 1.